The van der Waals surface area contributed by atoms with Crippen LogP contribution in [-0.2, 0) is 17.5 Å². The minimum atomic E-state index is -4.40. The van der Waals surface area contributed by atoms with Crippen LogP contribution in [0.5, 0.6) is 0 Å². The number of alkyl halides is 3. The fourth-order valence-electron chi connectivity index (χ4n) is 1.53. The molecule has 1 aliphatic heterocycles. The van der Waals surface area contributed by atoms with Crippen LogP contribution < -0.4 is 5.32 Å². The van der Waals surface area contributed by atoms with E-state index in [1.54, 1.807) is 0 Å². The SMILES string of the molecule is FC(F)(F)c1cc(Cl)ccc1COC1CNC1. The van der Waals surface area contributed by atoms with E-state index in [2.05, 4.69) is 5.32 Å². The molecule has 2 nitrogen and oxygen atoms in total. The van der Waals surface area contributed by atoms with Crippen LogP contribution in [0.15, 0.2) is 18.2 Å². The van der Waals surface area contributed by atoms with Crippen LogP contribution in [0.3, 0.4) is 0 Å². The molecule has 0 aromatic heterocycles. The Bertz CT molecular complexity index is 404. The lowest BCUT2D eigenvalue weighted by molar-refractivity contribution is -0.139. The van der Waals surface area contributed by atoms with Crippen LogP contribution in [0.25, 0.3) is 0 Å². The van der Waals surface area contributed by atoms with E-state index in [0.29, 0.717) is 13.1 Å². The Labute approximate surface area is 102 Å². The van der Waals surface area contributed by atoms with Crippen LogP contribution in [0.4, 0.5) is 13.2 Å². The second-order valence-corrected chi connectivity index (χ2v) is 4.33. The summed E-state index contributed by atoms with van der Waals surface area (Å²) in [5.41, 5.74) is -0.605. The molecule has 1 aromatic rings. The first kappa shape index (κ1) is 12.7. The van der Waals surface area contributed by atoms with Crippen LogP contribution in [-0.4, -0.2) is 19.2 Å². The van der Waals surface area contributed by atoms with Gasteiger partial charge in [-0.2, -0.15) is 13.2 Å². The van der Waals surface area contributed by atoms with Gasteiger partial charge in [0, 0.05) is 18.1 Å². The summed E-state index contributed by atoms with van der Waals surface area (Å²) in [5, 5.41) is 3.06. The molecule has 0 unspecified atom stereocenters. The minimum Gasteiger partial charge on any atom is -0.371 e. The summed E-state index contributed by atoms with van der Waals surface area (Å²) in [6.07, 6.45) is -4.40. The van der Waals surface area contributed by atoms with Crippen molar-refractivity contribution >= 4 is 11.6 Å². The molecule has 0 bridgehead atoms. The summed E-state index contributed by atoms with van der Waals surface area (Å²) >= 11 is 5.57. The van der Waals surface area contributed by atoms with Gasteiger partial charge in [0.2, 0.25) is 0 Å². The van der Waals surface area contributed by atoms with Crippen molar-refractivity contribution in [1.82, 2.24) is 5.32 Å². The number of halogens is 4. The Hall–Kier alpha value is -0.780. The molecular weight excluding hydrogens is 255 g/mol. The Balaban J connectivity index is 2.13. The van der Waals surface area contributed by atoms with Gasteiger partial charge in [0.25, 0.3) is 0 Å². The molecule has 1 heterocycles. The summed E-state index contributed by atoms with van der Waals surface area (Å²) < 4.78 is 43.5. The molecule has 0 spiro atoms. The van der Waals surface area contributed by atoms with Crippen molar-refractivity contribution in [3.05, 3.63) is 34.3 Å². The molecule has 0 radical (unpaired) electrons. The highest BCUT2D eigenvalue weighted by molar-refractivity contribution is 6.30. The Kier molecular flexibility index (Phi) is 3.61. The molecule has 94 valence electrons. The Morgan fingerprint density at radius 3 is 2.59 bits per heavy atom. The van der Waals surface area contributed by atoms with Crippen molar-refractivity contribution in [2.75, 3.05) is 13.1 Å². The predicted octanol–water partition coefficient (Wildman–Crippen LogP) is 2.85. The number of hydrogen-bond donors (Lipinski definition) is 1. The van der Waals surface area contributed by atoms with Crippen molar-refractivity contribution in [3.8, 4) is 0 Å². The molecule has 1 aromatic carbocycles. The average molecular weight is 266 g/mol. The monoisotopic (exact) mass is 265 g/mol. The summed E-state index contributed by atoms with van der Waals surface area (Å²) in [4.78, 5) is 0. The van der Waals surface area contributed by atoms with Gasteiger partial charge in [-0.1, -0.05) is 17.7 Å². The van der Waals surface area contributed by atoms with Crippen LogP contribution in [0.1, 0.15) is 11.1 Å². The standard InChI is InChI=1S/C11H11ClF3NO/c12-8-2-1-7(6-17-9-4-16-5-9)10(3-8)11(13,14)15/h1-3,9,16H,4-6H2. The van der Waals surface area contributed by atoms with Crippen molar-refractivity contribution in [3.63, 3.8) is 0 Å². The van der Waals surface area contributed by atoms with Gasteiger partial charge in [-0.3, -0.25) is 0 Å². The lowest BCUT2D eigenvalue weighted by atomic mass is 10.1. The van der Waals surface area contributed by atoms with Crippen molar-refractivity contribution in [2.45, 2.75) is 18.9 Å². The maximum absolute atomic E-state index is 12.7. The van der Waals surface area contributed by atoms with E-state index in [1.165, 1.54) is 12.1 Å². The fourth-order valence-corrected chi connectivity index (χ4v) is 1.70. The predicted molar refractivity (Wildman–Crippen MR) is 57.9 cm³/mol. The van der Waals surface area contributed by atoms with E-state index in [4.69, 9.17) is 16.3 Å². The fraction of sp³-hybridized carbons (Fsp3) is 0.455. The molecule has 0 aliphatic carbocycles. The van der Waals surface area contributed by atoms with Gasteiger partial charge >= 0.3 is 6.18 Å². The maximum atomic E-state index is 12.7. The number of rotatable bonds is 3. The first-order valence-corrected chi connectivity index (χ1v) is 5.52. The van der Waals surface area contributed by atoms with Gasteiger partial charge in [-0.15, -0.1) is 0 Å². The maximum Gasteiger partial charge on any atom is 0.416 e. The van der Waals surface area contributed by atoms with Crippen molar-refractivity contribution in [2.24, 2.45) is 0 Å². The Morgan fingerprint density at radius 1 is 1.35 bits per heavy atom. The van der Waals surface area contributed by atoms with E-state index < -0.39 is 11.7 Å². The molecule has 0 saturated carbocycles. The second kappa shape index (κ2) is 4.84. The molecule has 1 fully saturated rings. The van der Waals surface area contributed by atoms with Crippen molar-refractivity contribution < 1.29 is 17.9 Å². The zero-order valence-electron chi connectivity index (χ0n) is 8.85. The summed E-state index contributed by atoms with van der Waals surface area (Å²) in [7, 11) is 0. The van der Waals surface area contributed by atoms with Crippen molar-refractivity contribution in [1.29, 1.82) is 0 Å². The lowest BCUT2D eigenvalue weighted by Gasteiger charge is -2.27. The summed E-state index contributed by atoms with van der Waals surface area (Å²) in [5.74, 6) is 0. The molecule has 2 rings (SSSR count). The normalized spacial score (nSPS) is 16.9. The Morgan fingerprint density at radius 2 is 2.06 bits per heavy atom. The molecule has 0 amide bonds. The minimum absolute atomic E-state index is 0.00626. The summed E-state index contributed by atoms with van der Waals surface area (Å²) in [6, 6.07) is 3.73. The highest BCUT2D eigenvalue weighted by atomic mass is 35.5. The van der Waals surface area contributed by atoms with E-state index in [1.807, 2.05) is 0 Å². The third-order valence-corrected chi connectivity index (χ3v) is 2.83. The van der Waals surface area contributed by atoms with E-state index in [-0.39, 0.29) is 23.3 Å². The molecule has 0 atom stereocenters. The first-order chi connectivity index (χ1) is 7.97. The van der Waals surface area contributed by atoms with Gasteiger partial charge in [-0.25, -0.2) is 0 Å². The lowest BCUT2D eigenvalue weighted by Crippen LogP contribution is -2.48. The molecule has 17 heavy (non-hydrogen) atoms. The number of benzene rings is 1. The quantitative estimate of drug-likeness (QED) is 0.907. The molecule has 6 heteroatoms. The zero-order chi connectivity index (χ0) is 12.5. The third-order valence-electron chi connectivity index (χ3n) is 2.60. The van der Waals surface area contributed by atoms with E-state index in [0.717, 1.165) is 6.07 Å². The highest BCUT2D eigenvalue weighted by Crippen LogP contribution is 2.34. The smallest absolute Gasteiger partial charge is 0.371 e. The second-order valence-electron chi connectivity index (χ2n) is 3.89. The molecule has 1 N–H and O–H groups in total. The largest absolute Gasteiger partial charge is 0.416 e. The van der Waals surface area contributed by atoms with Gasteiger partial charge in [-0.05, 0) is 17.7 Å². The van der Waals surface area contributed by atoms with Crippen LogP contribution >= 0.6 is 11.6 Å². The number of hydrogen-bond acceptors (Lipinski definition) is 2. The topological polar surface area (TPSA) is 21.3 Å². The molecule has 1 saturated heterocycles. The van der Waals surface area contributed by atoms with Gasteiger partial charge in [0.05, 0.1) is 18.3 Å². The number of ether oxygens (including phenoxy) is 1. The van der Waals surface area contributed by atoms with Crippen LogP contribution in [0, 0.1) is 0 Å². The number of nitrogens with one attached hydrogen (secondary N) is 1. The summed E-state index contributed by atoms with van der Waals surface area (Å²) in [6.45, 7) is 1.34. The molecular formula is C11H11ClF3NO. The third kappa shape index (κ3) is 3.12. The average Bonchev–Trinajstić information content (AvgIpc) is 2.16. The van der Waals surface area contributed by atoms with Gasteiger partial charge in [0.1, 0.15) is 0 Å². The molecule has 1 aliphatic rings. The zero-order valence-corrected chi connectivity index (χ0v) is 9.61. The highest BCUT2D eigenvalue weighted by Gasteiger charge is 2.33. The van der Waals surface area contributed by atoms with Crippen LogP contribution in [0.2, 0.25) is 5.02 Å². The van der Waals surface area contributed by atoms with E-state index in [9.17, 15) is 13.2 Å². The van der Waals surface area contributed by atoms with Gasteiger partial charge in [0.15, 0.2) is 0 Å². The first-order valence-electron chi connectivity index (χ1n) is 5.15. The van der Waals surface area contributed by atoms with E-state index >= 15 is 0 Å². The van der Waals surface area contributed by atoms with Gasteiger partial charge < -0.3 is 10.1 Å².